The number of carbonyl (C=O) groups excluding carboxylic acids is 1. The normalized spacial score (nSPS) is 10.7. The molecule has 6 nitrogen and oxygen atoms in total. The Kier molecular flexibility index (Phi) is 7.42. The number of nitrogens with one attached hydrogen (secondary N) is 1. The number of ether oxygens (including phenoxy) is 1. The molecule has 1 aromatic heterocycles. The molecule has 0 atom stereocenters. The summed E-state index contributed by atoms with van der Waals surface area (Å²) in [5.41, 5.74) is 4.03. The van der Waals surface area contributed by atoms with Crippen molar-refractivity contribution < 1.29 is 9.53 Å². The second-order valence-electron chi connectivity index (χ2n) is 7.44. The van der Waals surface area contributed by atoms with E-state index in [-0.39, 0.29) is 11.7 Å². The SMILES string of the molecule is CCc1ccccc1NC(=O)CSc1nnc(Cc2ccccc2)n1-c1ccc(OC)cc1. The van der Waals surface area contributed by atoms with Crippen LogP contribution in [0, 0.1) is 0 Å². The van der Waals surface area contributed by atoms with Crippen LogP contribution >= 0.6 is 11.8 Å². The molecule has 0 fully saturated rings. The topological polar surface area (TPSA) is 69.0 Å². The monoisotopic (exact) mass is 458 g/mol. The molecule has 1 heterocycles. The Morgan fingerprint density at radius 3 is 2.42 bits per heavy atom. The molecule has 4 rings (SSSR count). The highest BCUT2D eigenvalue weighted by atomic mass is 32.2. The van der Waals surface area contributed by atoms with Gasteiger partial charge in [-0.15, -0.1) is 10.2 Å². The zero-order chi connectivity index (χ0) is 23.0. The third-order valence-corrected chi connectivity index (χ3v) is 6.17. The molecule has 0 spiro atoms. The van der Waals surface area contributed by atoms with E-state index in [0.717, 1.165) is 40.5 Å². The molecule has 33 heavy (non-hydrogen) atoms. The van der Waals surface area contributed by atoms with Crippen LogP contribution in [0.4, 0.5) is 5.69 Å². The number of benzene rings is 3. The van der Waals surface area contributed by atoms with Gasteiger partial charge in [0.25, 0.3) is 0 Å². The number of rotatable bonds is 9. The van der Waals surface area contributed by atoms with Crippen LogP contribution < -0.4 is 10.1 Å². The number of aryl methyl sites for hydroxylation is 1. The Hall–Kier alpha value is -3.58. The first-order valence-corrected chi connectivity index (χ1v) is 11.8. The van der Waals surface area contributed by atoms with Crippen LogP contribution in [0.3, 0.4) is 0 Å². The van der Waals surface area contributed by atoms with Crippen molar-refractivity contribution in [2.45, 2.75) is 24.9 Å². The highest BCUT2D eigenvalue weighted by Crippen LogP contribution is 2.25. The van der Waals surface area contributed by atoms with Gasteiger partial charge in [0.2, 0.25) is 5.91 Å². The molecule has 1 N–H and O–H groups in total. The van der Waals surface area contributed by atoms with Gasteiger partial charge in [0.15, 0.2) is 5.16 Å². The molecule has 168 valence electrons. The summed E-state index contributed by atoms with van der Waals surface area (Å²) in [6.45, 7) is 2.07. The zero-order valence-corrected chi connectivity index (χ0v) is 19.5. The molecule has 0 aliphatic rings. The molecule has 0 unspecified atom stereocenters. The van der Waals surface area contributed by atoms with Crippen molar-refractivity contribution in [2.24, 2.45) is 0 Å². The fourth-order valence-corrected chi connectivity index (χ4v) is 4.32. The molecule has 0 bridgehead atoms. The Morgan fingerprint density at radius 1 is 0.970 bits per heavy atom. The van der Waals surface area contributed by atoms with E-state index in [1.807, 2.05) is 71.3 Å². The third-order valence-electron chi connectivity index (χ3n) is 5.24. The summed E-state index contributed by atoms with van der Waals surface area (Å²) in [5, 5.41) is 12.5. The van der Waals surface area contributed by atoms with Crippen molar-refractivity contribution in [1.82, 2.24) is 14.8 Å². The molecular weight excluding hydrogens is 432 g/mol. The number of thioether (sulfide) groups is 1. The lowest BCUT2D eigenvalue weighted by molar-refractivity contribution is -0.113. The highest BCUT2D eigenvalue weighted by Gasteiger charge is 2.17. The number of amides is 1. The van der Waals surface area contributed by atoms with Gasteiger partial charge in [0.1, 0.15) is 11.6 Å². The second-order valence-corrected chi connectivity index (χ2v) is 8.38. The van der Waals surface area contributed by atoms with Crippen molar-refractivity contribution in [2.75, 3.05) is 18.2 Å². The number of nitrogens with zero attached hydrogens (tertiary/aromatic N) is 3. The van der Waals surface area contributed by atoms with Gasteiger partial charge >= 0.3 is 0 Å². The van der Waals surface area contributed by atoms with Crippen LogP contribution in [0.1, 0.15) is 23.9 Å². The van der Waals surface area contributed by atoms with E-state index in [4.69, 9.17) is 4.74 Å². The summed E-state index contributed by atoms with van der Waals surface area (Å²) in [7, 11) is 1.64. The Bertz CT molecular complexity index is 1210. The van der Waals surface area contributed by atoms with Gasteiger partial charge < -0.3 is 10.1 Å². The molecule has 1 amide bonds. The summed E-state index contributed by atoms with van der Waals surface area (Å²) in [6, 6.07) is 25.8. The van der Waals surface area contributed by atoms with Crippen molar-refractivity contribution in [3.8, 4) is 11.4 Å². The van der Waals surface area contributed by atoms with Gasteiger partial charge in [-0.25, -0.2) is 0 Å². The van der Waals surface area contributed by atoms with E-state index in [1.165, 1.54) is 11.8 Å². The van der Waals surface area contributed by atoms with Gasteiger partial charge in [-0.1, -0.05) is 67.2 Å². The average molecular weight is 459 g/mol. The molecule has 0 aliphatic carbocycles. The van der Waals surface area contributed by atoms with E-state index in [1.54, 1.807) is 7.11 Å². The maximum Gasteiger partial charge on any atom is 0.234 e. The Balaban J connectivity index is 1.56. The van der Waals surface area contributed by atoms with Crippen LogP contribution in [-0.2, 0) is 17.6 Å². The molecule has 0 saturated heterocycles. The maximum atomic E-state index is 12.7. The lowest BCUT2D eigenvalue weighted by Crippen LogP contribution is -2.15. The van der Waals surface area contributed by atoms with Gasteiger partial charge in [-0.2, -0.15) is 0 Å². The van der Waals surface area contributed by atoms with Gasteiger partial charge in [0.05, 0.1) is 12.9 Å². The minimum atomic E-state index is -0.0743. The van der Waals surface area contributed by atoms with E-state index in [0.29, 0.717) is 11.6 Å². The van der Waals surface area contributed by atoms with Crippen LogP contribution in [0.2, 0.25) is 0 Å². The van der Waals surface area contributed by atoms with Crippen molar-refractivity contribution >= 4 is 23.4 Å². The molecule has 0 radical (unpaired) electrons. The third kappa shape index (κ3) is 5.62. The number of anilines is 1. The first-order valence-electron chi connectivity index (χ1n) is 10.8. The van der Waals surface area contributed by atoms with Crippen LogP contribution in [0.25, 0.3) is 5.69 Å². The lowest BCUT2D eigenvalue weighted by atomic mass is 10.1. The van der Waals surface area contributed by atoms with Crippen molar-refractivity contribution in [3.63, 3.8) is 0 Å². The Labute approximate surface area is 198 Å². The molecule has 7 heteroatoms. The molecular formula is C26H26N4O2S. The average Bonchev–Trinajstić information content (AvgIpc) is 3.26. The smallest absolute Gasteiger partial charge is 0.234 e. The molecule has 0 saturated carbocycles. The lowest BCUT2D eigenvalue weighted by Gasteiger charge is -2.12. The summed E-state index contributed by atoms with van der Waals surface area (Å²) in [5.74, 6) is 1.75. The Morgan fingerprint density at radius 2 is 1.70 bits per heavy atom. The summed E-state index contributed by atoms with van der Waals surface area (Å²) < 4.78 is 7.30. The van der Waals surface area contributed by atoms with Gasteiger partial charge in [-0.05, 0) is 47.9 Å². The quantitative estimate of drug-likeness (QED) is 0.351. The van der Waals surface area contributed by atoms with Crippen molar-refractivity contribution in [1.29, 1.82) is 0 Å². The maximum absolute atomic E-state index is 12.7. The number of hydrogen-bond acceptors (Lipinski definition) is 5. The van der Waals surface area contributed by atoms with E-state index >= 15 is 0 Å². The van der Waals surface area contributed by atoms with Crippen molar-refractivity contribution in [3.05, 3.63) is 95.8 Å². The molecule has 4 aromatic rings. The van der Waals surface area contributed by atoms with Crippen LogP contribution in [0.5, 0.6) is 5.75 Å². The van der Waals surface area contributed by atoms with E-state index < -0.39 is 0 Å². The molecule has 0 aliphatic heterocycles. The number of carbonyl (C=O) groups is 1. The fourth-order valence-electron chi connectivity index (χ4n) is 3.54. The van der Waals surface area contributed by atoms with E-state index in [2.05, 4.69) is 34.6 Å². The summed E-state index contributed by atoms with van der Waals surface area (Å²) in [4.78, 5) is 12.7. The number of para-hydroxylation sites is 1. The fraction of sp³-hybridized carbons (Fsp3) is 0.192. The standard InChI is InChI=1S/C26H26N4O2S/c1-3-20-11-7-8-12-23(20)27-25(31)18-33-26-29-28-24(17-19-9-5-4-6-10-19)30(26)21-13-15-22(32-2)16-14-21/h4-16H,3,17-18H2,1-2H3,(H,27,31). The molecule has 3 aromatic carbocycles. The minimum Gasteiger partial charge on any atom is -0.497 e. The van der Waals surface area contributed by atoms with E-state index in [9.17, 15) is 4.79 Å². The number of methoxy groups -OCH3 is 1. The van der Waals surface area contributed by atoms with Gasteiger partial charge in [-0.3, -0.25) is 9.36 Å². The highest BCUT2D eigenvalue weighted by molar-refractivity contribution is 7.99. The number of hydrogen-bond donors (Lipinski definition) is 1. The van der Waals surface area contributed by atoms with Gasteiger partial charge in [0, 0.05) is 17.8 Å². The number of aromatic nitrogens is 3. The first kappa shape index (κ1) is 22.6. The largest absolute Gasteiger partial charge is 0.497 e. The zero-order valence-electron chi connectivity index (χ0n) is 18.7. The summed E-state index contributed by atoms with van der Waals surface area (Å²) >= 11 is 1.37. The minimum absolute atomic E-state index is 0.0743. The first-order chi connectivity index (χ1) is 16.2. The summed E-state index contributed by atoms with van der Waals surface area (Å²) in [6.07, 6.45) is 1.49. The second kappa shape index (κ2) is 10.8. The van der Waals surface area contributed by atoms with Crippen LogP contribution in [-0.4, -0.2) is 33.5 Å². The predicted octanol–water partition coefficient (Wildman–Crippen LogP) is 5.16. The van der Waals surface area contributed by atoms with Crippen LogP contribution in [0.15, 0.2) is 84.0 Å². The predicted molar refractivity (Wildman–Crippen MR) is 132 cm³/mol.